The largest absolute Gasteiger partial charge is 0.445 e. The fraction of sp³-hybridized carbons (Fsp3) is 0.455. The highest BCUT2D eigenvalue weighted by atomic mass is 32.2. The number of nitro groups is 1. The summed E-state index contributed by atoms with van der Waals surface area (Å²) in [5, 5.41) is 17.2. The number of nitrogens with one attached hydrogen (secondary N) is 1. The van der Waals surface area contributed by atoms with Crippen molar-refractivity contribution in [2.75, 3.05) is 0 Å². The van der Waals surface area contributed by atoms with E-state index in [-0.39, 0.29) is 34.5 Å². The summed E-state index contributed by atoms with van der Waals surface area (Å²) in [5.41, 5.74) is 0.782. The number of furan rings is 1. The molecule has 0 radical (unpaired) electrons. The molecule has 3 aromatic rings. The second-order valence-electron chi connectivity index (χ2n) is 8.95. The summed E-state index contributed by atoms with van der Waals surface area (Å²) >= 11 is 1.33. The Balaban J connectivity index is 1.70. The zero-order valence-corrected chi connectivity index (χ0v) is 18.7. The molecule has 1 N–H and O–H groups in total. The molecule has 0 amide bonds. The number of ketones is 1. The zero-order valence-electron chi connectivity index (χ0n) is 17.9. The van der Waals surface area contributed by atoms with Crippen molar-refractivity contribution >= 4 is 34.3 Å². The maximum Gasteiger partial charge on any atom is 0.271 e. The van der Waals surface area contributed by atoms with Gasteiger partial charge in [0.2, 0.25) is 5.78 Å². The highest BCUT2D eigenvalue weighted by Gasteiger charge is 2.27. The zero-order chi connectivity index (χ0) is 22.2. The second kappa shape index (κ2) is 8.47. The van der Waals surface area contributed by atoms with Gasteiger partial charge in [-0.25, -0.2) is 0 Å². The summed E-state index contributed by atoms with van der Waals surface area (Å²) in [6.07, 6.45) is 5.25. The number of carbonyl (C=O) groups excluding carboxylic acids is 1. The van der Waals surface area contributed by atoms with Gasteiger partial charge in [-0.3, -0.25) is 24.3 Å². The van der Waals surface area contributed by atoms with E-state index in [4.69, 9.17) is 4.42 Å². The smallest absolute Gasteiger partial charge is 0.271 e. The Labute approximate surface area is 184 Å². The van der Waals surface area contributed by atoms with Gasteiger partial charge in [0.05, 0.1) is 16.5 Å². The van der Waals surface area contributed by atoms with Gasteiger partial charge in [0.1, 0.15) is 5.69 Å². The third-order valence-electron chi connectivity index (χ3n) is 5.30. The normalized spacial score (nSPS) is 15.5. The van der Waals surface area contributed by atoms with E-state index in [2.05, 4.69) is 9.82 Å². The number of fused-ring (bicyclic) bond motifs is 1. The van der Waals surface area contributed by atoms with Crippen molar-refractivity contribution in [2.45, 2.75) is 69.5 Å². The van der Waals surface area contributed by atoms with Crippen molar-refractivity contribution in [1.82, 2.24) is 14.5 Å². The standard InChI is InChI=1S/C22H26N4O4S/c1-22(2,3)24-31-19-12-11-18(30-19)21(27)20-16-10-9-15(26(28)29)13-17(16)25(23-20)14-7-5-4-6-8-14/h9-14,24H,4-8H2,1-3H3. The van der Waals surface area contributed by atoms with Crippen LogP contribution in [0.5, 0.6) is 0 Å². The predicted octanol–water partition coefficient (Wildman–Crippen LogP) is 5.67. The fourth-order valence-electron chi connectivity index (χ4n) is 3.83. The summed E-state index contributed by atoms with van der Waals surface area (Å²) in [4.78, 5) is 24.2. The van der Waals surface area contributed by atoms with E-state index < -0.39 is 4.92 Å². The molecule has 8 nitrogen and oxygen atoms in total. The SMILES string of the molecule is CC(C)(C)NSc1ccc(C(=O)c2nn(C3CCCCC3)c3cc([N+](=O)[O-])ccc23)o1. The lowest BCUT2D eigenvalue weighted by molar-refractivity contribution is -0.384. The Kier molecular flexibility index (Phi) is 5.90. The second-order valence-corrected chi connectivity index (χ2v) is 9.76. The molecule has 1 fully saturated rings. The lowest BCUT2D eigenvalue weighted by Gasteiger charge is -2.22. The lowest BCUT2D eigenvalue weighted by Crippen LogP contribution is -2.29. The van der Waals surface area contributed by atoms with Crippen molar-refractivity contribution in [2.24, 2.45) is 0 Å². The van der Waals surface area contributed by atoms with Gasteiger partial charge < -0.3 is 4.42 Å². The van der Waals surface area contributed by atoms with Crippen LogP contribution in [0.25, 0.3) is 10.9 Å². The number of non-ortho nitro benzene ring substituents is 1. The van der Waals surface area contributed by atoms with Gasteiger partial charge in [-0.1, -0.05) is 19.3 Å². The molecule has 0 spiro atoms. The molecule has 0 bridgehead atoms. The monoisotopic (exact) mass is 442 g/mol. The maximum absolute atomic E-state index is 13.3. The molecule has 1 aliphatic carbocycles. The number of aromatic nitrogens is 2. The predicted molar refractivity (Wildman–Crippen MR) is 119 cm³/mol. The van der Waals surface area contributed by atoms with Gasteiger partial charge in [-0.05, 0) is 63.8 Å². The third-order valence-corrected chi connectivity index (χ3v) is 6.44. The molecule has 1 aliphatic rings. The quantitative estimate of drug-likeness (QED) is 0.227. The van der Waals surface area contributed by atoms with E-state index >= 15 is 0 Å². The lowest BCUT2D eigenvalue weighted by atomic mass is 9.95. The van der Waals surface area contributed by atoms with Crippen LogP contribution >= 0.6 is 11.9 Å². The first kappa shape index (κ1) is 21.6. The molecule has 9 heteroatoms. The summed E-state index contributed by atoms with van der Waals surface area (Å²) in [5.74, 6) is -0.122. The van der Waals surface area contributed by atoms with Gasteiger partial charge in [0, 0.05) is 23.1 Å². The van der Waals surface area contributed by atoms with Gasteiger partial charge in [0.25, 0.3) is 5.69 Å². The Hall–Kier alpha value is -2.65. The molecule has 2 heterocycles. The number of hydrogen-bond acceptors (Lipinski definition) is 7. The number of benzene rings is 1. The summed E-state index contributed by atoms with van der Waals surface area (Å²) in [6, 6.07) is 8.09. The van der Waals surface area contributed by atoms with E-state index in [1.807, 2.05) is 25.5 Å². The highest BCUT2D eigenvalue weighted by molar-refractivity contribution is 7.97. The van der Waals surface area contributed by atoms with Crippen LogP contribution in [0.15, 0.2) is 39.8 Å². The Morgan fingerprint density at radius 2 is 1.97 bits per heavy atom. The molecule has 1 aromatic carbocycles. The first-order chi connectivity index (χ1) is 14.7. The van der Waals surface area contributed by atoms with Gasteiger partial charge in [-0.2, -0.15) is 5.10 Å². The minimum absolute atomic E-state index is 0.00611. The van der Waals surface area contributed by atoms with Crippen LogP contribution in [0.4, 0.5) is 5.69 Å². The number of nitrogens with zero attached hydrogens (tertiary/aromatic N) is 3. The molecular weight excluding hydrogens is 416 g/mol. The van der Waals surface area contributed by atoms with E-state index in [0.717, 1.165) is 25.7 Å². The molecule has 1 saturated carbocycles. The van der Waals surface area contributed by atoms with Crippen molar-refractivity contribution in [3.8, 4) is 0 Å². The molecule has 2 aromatic heterocycles. The molecule has 31 heavy (non-hydrogen) atoms. The first-order valence-corrected chi connectivity index (χ1v) is 11.3. The number of rotatable bonds is 6. The molecule has 164 valence electrons. The Bertz CT molecular complexity index is 1120. The number of carbonyl (C=O) groups is 1. The van der Waals surface area contributed by atoms with Gasteiger partial charge in [-0.15, -0.1) is 0 Å². The fourth-order valence-corrected chi connectivity index (χ4v) is 4.50. The number of nitro benzene ring substituents is 1. The molecule has 0 atom stereocenters. The van der Waals surface area contributed by atoms with Crippen molar-refractivity contribution in [1.29, 1.82) is 0 Å². The minimum atomic E-state index is -0.419. The number of hydrogen-bond donors (Lipinski definition) is 1. The van der Waals surface area contributed by atoms with Gasteiger partial charge in [0.15, 0.2) is 10.9 Å². The molecule has 0 unspecified atom stereocenters. The van der Waals surface area contributed by atoms with Crippen LogP contribution in [0, 0.1) is 10.1 Å². The average Bonchev–Trinajstić information content (AvgIpc) is 3.36. The molecule has 4 rings (SSSR count). The van der Waals surface area contributed by atoms with Crippen LogP contribution < -0.4 is 4.72 Å². The summed E-state index contributed by atoms with van der Waals surface area (Å²) in [6.45, 7) is 6.12. The van der Waals surface area contributed by atoms with E-state index in [1.54, 1.807) is 18.2 Å². The van der Waals surface area contributed by atoms with E-state index in [1.165, 1.54) is 30.5 Å². The van der Waals surface area contributed by atoms with Crippen LogP contribution in [0.3, 0.4) is 0 Å². The van der Waals surface area contributed by atoms with Crippen molar-refractivity contribution in [3.05, 3.63) is 51.9 Å². The summed E-state index contributed by atoms with van der Waals surface area (Å²) < 4.78 is 10.8. The highest BCUT2D eigenvalue weighted by Crippen LogP contribution is 2.34. The minimum Gasteiger partial charge on any atom is -0.445 e. The first-order valence-electron chi connectivity index (χ1n) is 10.5. The van der Waals surface area contributed by atoms with E-state index in [0.29, 0.717) is 16.0 Å². The molecular formula is C22H26N4O4S. The van der Waals surface area contributed by atoms with Crippen LogP contribution in [-0.2, 0) is 0 Å². The van der Waals surface area contributed by atoms with Crippen LogP contribution in [0.2, 0.25) is 0 Å². The van der Waals surface area contributed by atoms with Gasteiger partial charge >= 0.3 is 0 Å². The van der Waals surface area contributed by atoms with Crippen molar-refractivity contribution in [3.63, 3.8) is 0 Å². The molecule has 0 saturated heterocycles. The van der Waals surface area contributed by atoms with Crippen LogP contribution in [0.1, 0.15) is 75.2 Å². The molecule has 0 aliphatic heterocycles. The van der Waals surface area contributed by atoms with E-state index in [9.17, 15) is 14.9 Å². The Morgan fingerprint density at radius 1 is 1.23 bits per heavy atom. The Morgan fingerprint density at radius 3 is 2.65 bits per heavy atom. The average molecular weight is 443 g/mol. The third kappa shape index (κ3) is 4.67. The maximum atomic E-state index is 13.3. The topological polar surface area (TPSA) is 103 Å². The van der Waals surface area contributed by atoms with Crippen LogP contribution in [-0.4, -0.2) is 26.0 Å². The van der Waals surface area contributed by atoms with Crippen molar-refractivity contribution < 1.29 is 14.1 Å². The summed E-state index contributed by atoms with van der Waals surface area (Å²) in [7, 11) is 0.